The minimum atomic E-state index is -0.363. The van der Waals surface area contributed by atoms with Crippen molar-refractivity contribution >= 4 is 17.6 Å². The lowest BCUT2D eigenvalue weighted by atomic mass is 10.1. The zero-order valence-electron chi connectivity index (χ0n) is 14.1. The second-order valence-corrected chi connectivity index (χ2v) is 6.06. The molecule has 1 aliphatic heterocycles. The Morgan fingerprint density at radius 1 is 0.962 bits per heavy atom. The van der Waals surface area contributed by atoms with Gasteiger partial charge in [-0.25, -0.2) is 13.6 Å². The SMILES string of the molecule is O=C(CN1CCN(c2ccc(F)cc2)C1=O)NCCc1ccc(F)cc1. The van der Waals surface area contributed by atoms with E-state index in [4.69, 9.17) is 0 Å². The minimum Gasteiger partial charge on any atom is -0.354 e. The lowest BCUT2D eigenvalue weighted by molar-refractivity contribution is -0.121. The molecule has 1 N–H and O–H groups in total. The summed E-state index contributed by atoms with van der Waals surface area (Å²) in [6.07, 6.45) is 0.585. The van der Waals surface area contributed by atoms with Crippen molar-refractivity contribution < 1.29 is 18.4 Å². The molecule has 3 rings (SSSR count). The Kier molecular flexibility index (Phi) is 5.46. The normalized spacial score (nSPS) is 14.0. The van der Waals surface area contributed by atoms with Crippen molar-refractivity contribution in [2.24, 2.45) is 0 Å². The van der Waals surface area contributed by atoms with Crippen LogP contribution >= 0.6 is 0 Å². The average Bonchev–Trinajstić information content (AvgIpc) is 2.98. The highest BCUT2D eigenvalue weighted by Gasteiger charge is 2.30. The van der Waals surface area contributed by atoms with Crippen molar-refractivity contribution in [1.29, 1.82) is 0 Å². The van der Waals surface area contributed by atoms with Gasteiger partial charge in [-0.15, -0.1) is 0 Å². The molecule has 1 fully saturated rings. The van der Waals surface area contributed by atoms with Gasteiger partial charge in [-0.3, -0.25) is 9.69 Å². The van der Waals surface area contributed by atoms with Crippen LogP contribution in [0.4, 0.5) is 19.3 Å². The van der Waals surface area contributed by atoms with Crippen LogP contribution in [-0.4, -0.2) is 43.0 Å². The van der Waals surface area contributed by atoms with Crippen molar-refractivity contribution in [3.63, 3.8) is 0 Å². The van der Waals surface area contributed by atoms with Crippen molar-refractivity contribution in [2.45, 2.75) is 6.42 Å². The van der Waals surface area contributed by atoms with Crippen LogP contribution in [0, 0.1) is 11.6 Å². The van der Waals surface area contributed by atoms with Gasteiger partial charge >= 0.3 is 6.03 Å². The largest absolute Gasteiger partial charge is 0.354 e. The number of rotatable bonds is 6. The van der Waals surface area contributed by atoms with E-state index in [1.54, 1.807) is 24.3 Å². The average molecular weight is 359 g/mol. The molecule has 2 aromatic rings. The number of carbonyl (C=O) groups is 2. The van der Waals surface area contributed by atoms with Gasteiger partial charge in [0.1, 0.15) is 18.2 Å². The fraction of sp³-hybridized carbons (Fsp3) is 0.263. The van der Waals surface area contributed by atoms with Gasteiger partial charge in [-0.1, -0.05) is 12.1 Å². The smallest absolute Gasteiger partial charge is 0.325 e. The number of carbonyl (C=O) groups excluding carboxylic acids is 2. The first kappa shape index (κ1) is 17.8. The predicted octanol–water partition coefficient (Wildman–Crippen LogP) is 2.57. The van der Waals surface area contributed by atoms with E-state index in [0.29, 0.717) is 31.7 Å². The third-order valence-corrected chi connectivity index (χ3v) is 4.22. The molecule has 1 heterocycles. The molecule has 5 nitrogen and oxygen atoms in total. The number of urea groups is 1. The summed E-state index contributed by atoms with van der Waals surface area (Å²) < 4.78 is 25.8. The molecular weight excluding hydrogens is 340 g/mol. The van der Waals surface area contributed by atoms with Gasteiger partial charge in [-0.05, 0) is 48.4 Å². The summed E-state index contributed by atoms with van der Waals surface area (Å²) in [5.41, 5.74) is 1.53. The standard InChI is InChI=1S/C19H19F2N3O2/c20-15-3-1-14(2-4-15)9-10-22-18(25)13-23-11-12-24(19(23)26)17-7-5-16(21)6-8-17/h1-8H,9-13H2,(H,22,25). The van der Waals surface area contributed by atoms with E-state index in [-0.39, 0.29) is 30.1 Å². The van der Waals surface area contributed by atoms with Crippen LogP contribution in [0.2, 0.25) is 0 Å². The highest BCUT2D eigenvalue weighted by Crippen LogP contribution is 2.20. The van der Waals surface area contributed by atoms with E-state index in [2.05, 4.69) is 5.32 Å². The zero-order chi connectivity index (χ0) is 18.5. The topological polar surface area (TPSA) is 52.7 Å². The minimum absolute atomic E-state index is 0.0278. The van der Waals surface area contributed by atoms with E-state index >= 15 is 0 Å². The lowest BCUT2D eigenvalue weighted by Crippen LogP contribution is -2.40. The first-order valence-corrected chi connectivity index (χ1v) is 8.36. The zero-order valence-corrected chi connectivity index (χ0v) is 14.1. The number of nitrogens with zero attached hydrogens (tertiary/aromatic N) is 2. The summed E-state index contributed by atoms with van der Waals surface area (Å²) in [5.74, 6) is -0.907. The molecule has 136 valence electrons. The summed E-state index contributed by atoms with van der Waals surface area (Å²) in [7, 11) is 0. The molecule has 0 radical (unpaired) electrons. The van der Waals surface area contributed by atoms with Crippen LogP contribution in [-0.2, 0) is 11.2 Å². The number of benzene rings is 2. The molecule has 0 saturated carbocycles. The second kappa shape index (κ2) is 7.95. The molecule has 0 aromatic heterocycles. The number of nitrogens with one attached hydrogen (secondary N) is 1. The highest BCUT2D eigenvalue weighted by molar-refractivity contribution is 5.96. The Balaban J connectivity index is 1.46. The number of amides is 3. The van der Waals surface area contributed by atoms with Crippen LogP contribution < -0.4 is 10.2 Å². The van der Waals surface area contributed by atoms with Gasteiger partial charge in [0.2, 0.25) is 5.91 Å². The maximum absolute atomic E-state index is 13.0. The maximum Gasteiger partial charge on any atom is 0.325 e. The monoisotopic (exact) mass is 359 g/mol. The van der Waals surface area contributed by atoms with Crippen molar-refractivity contribution in [2.75, 3.05) is 31.1 Å². The summed E-state index contributed by atoms with van der Waals surface area (Å²) in [6, 6.07) is 11.5. The van der Waals surface area contributed by atoms with Gasteiger partial charge < -0.3 is 10.2 Å². The summed E-state index contributed by atoms with van der Waals surface area (Å²) in [4.78, 5) is 27.4. The fourth-order valence-corrected chi connectivity index (χ4v) is 2.82. The van der Waals surface area contributed by atoms with Gasteiger partial charge in [0.05, 0.1) is 0 Å². The van der Waals surface area contributed by atoms with E-state index < -0.39 is 0 Å². The van der Waals surface area contributed by atoms with Crippen LogP contribution in [0.25, 0.3) is 0 Å². The third kappa shape index (κ3) is 4.36. The van der Waals surface area contributed by atoms with Crippen LogP contribution in [0.1, 0.15) is 5.56 Å². The van der Waals surface area contributed by atoms with Crippen molar-refractivity contribution in [3.05, 3.63) is 65.7 Å². The quantitative estimate of drug-likeness (QED) is 0.862. The molecule has 7 heteroatoms. The Morgan fingerprint density at radius 2 is 1.58 bits per heavy atom. The van der Waals surface area contributed by atoms with Crippen LogP contribution in [0.15, 0.2) is 48.5 Å². The predicted molar refractivity (Wildman–Crippen MR) is 93.8 cm³/mol. The van der Waals surface area contributed by atoms with E-state index in [9.17, 15) is 18.4 Å². The third-order valence-electron chi connectivity index (χ3n) is 4.22. The number of halogens is 2. The Hall–Kier alpha value is -2.96. The molecule has 0 spiro atoms. The van der Waals surface area contributed by atoms with Crippen molar-refractivity contribution in [1.82, 2.24) is 10.2 Å². The lowest BCUT2D eigenvalue weighted by Gasteiger charge is -2.18. The van der Waals surface area contributed by atoms with Gasteiger partial charge in [0.15, 0.2) is 0 Å². The number of hydrogen-bond donors (Lipinski definition) is 1. The molecule has 0 atom stereocenters. The molecule has 0 unspecified atom stereocenters. The highest BCUT2D eigenvalue weighted by atomic mass is 19.1. The molecule has 1 saturated heterocycles. The molecule has 0 aliphatic carbocycles. The molecular formula is C19H19F2N3O2. The first-order valence-electron chi connectivity index (χ1n) is 8.36. The Morgan fingerprint density at radius 3 is 2.23 bits per heavy atom. The Labute approximate surface area is 150 Å². The van der Waals surface area contributed by atoms with Crippen LogP contribution in [0.3, 0.4) is 0 Å². The number of hydrogen-bond acceptors (Lipinski definition) is 2. The molecule has 0 bridgehead atoms. The van der Waals surface area contributed by atoms with E-state index in [1.807, 2.05) is 0 Å². The Bertz CT molecular complexity index is 778. The first-order chi connectivity index (χ1) is 12.5. The molecule has 26 heavy (non-hydrogen) atoms. The fourth-order valence-electron chi connectivity index (χ4n) is 2.82. The van der Waals surface area contributed by atoms with Gasteiger partial charge in [0, 0.05) is 25.3 Å². The second-order valence-electron chi connectivity index (χ2n) is 6.06. The van der Waals surface area contributed by atoms with Crippen LogP contribution in [0.5, 0.6) is 0 Å². The summed E-state index contributed by atoms with van der Waals surface area (Å²) >= 11 is 0. The summed E-state index contributed by atoms with van der Waals surface area (Å²) in [6.45, 7) is 1.27. The summed E-state index contributed by atoms with van der Waals surface area (Å²) in [5, 5.41) is 2.76. The maximum atomic E-state index is 13.0. The van der Waals surface area contributed by atoms with E-state index in [0.717, 1.165) is 5.56 Å². The van der Waals surface area contributed by atoms with E-state index in [1.165, 1.54) is 34.1 Å². The molecule has 2 aromatic carbocycles. The molecule has 1 aliphatic rings. The van der Waals surface area contributed by atoms with Crippen molar-refractivity contribution in [3.8, 4) is 0 Å². The number of anilines is 1. The molecule has 3 amide bonds. The van der Waals surface area contributed by atoms with Gasteiger partial charge in [0.25, 0.3) is 0 Å². The van der Waals surface area contributed by atoms with Gasteiger partial charge in [-0.2, -0.15) is 0 Å².